The molecule has 90 valence electrons. The van der Waals surface area contributed by atoms with Crippen molar-refractivity contribution in [3.05, 3.63) is 41.6 Å². The lowest BCUT2D eigenvalue weighted by Gasteiger charge is -2.03. The van der Waals surface area contributed by atoms with Crippen molar-refractivity contribution in [1.29, 1.82) is 10.5 Å². The summed E-state index contributed by atoms with van der Waals surface area (Å²) in [7, 11) is 1.59. The Balaban J connectivity index is 2.67. The Kier molecular flexibility index (Phi) is 4.96. The number of nitriles is 2. The van der Waals surface area contributed by atoms with Crippen molar-refractivity contribution in [3.63, 3.8) is 0 Å². The third kappa shape index (κ3) is 3.99. The number of nitrogens with one attached hydrogen (secondary N) is 2. The van der Waals surface area contributed by atoms with Crippen molar-refractivity contribution >= 4 is 11.6 Å². The minimum atomic E-state index is -0.0492. The molecule has 1 rings (SSSR count). The third-order valence-electron chi connectivity index (χ3n) is 2.22. The fraction of sp³-hybridized carbons (Fsp3) is 0.154. The van der Waals surface area contributed by atoms with Gasteiger partial charge in [-0.2, -0.15) is 10.5 Å². The van der Waals surface area contributed by atoms with E-state index in [-0.39, 0.29) is 11.5 Å². The van der Waals surface area contributed by atoms with Crippen molar-refractivity contribution < 1.29 is 4.79 Å². The minimum Gasteiger partial charge on any atom is -0.360 e. The van der Waals surface area contributed by atoms with E-state index in [1.165, 1.54) is 6.20 Å². The first-order valence-electron chi connectivity index (χ1n) is 5.26. The second-order valence-corrected chi connectivity index (χ2v) is 3.47. The number of amides is 1. The Bertz CT molecular complexity index is 516. The largest absolute Gasteiger partial charge is 0.360 e. The maximum Gasteiger partial charge on any atom is 0.224 e. The molecule has 0 radical (unpaired) electrons. The molecule has 0 bridgehead atoms. The first kappa shape index (κ1) is 13.3. The number of carbonyl (C=O) groups excluding carboxylic acids is 1. The Labute approximate surface area is 105 Å². The van der Waals surface area contributed by atoms with Gasteiger partial charge in [-0.25, -0.2) is 0 Å². The molecule has 0 aromatic heterocycles. The average molecular weight is 240 g/mol. The molecule has 1 amide bonds. The Morgan fingerprint density at radius 1 is 1.28 bits per heavy atom. The van der Waals surface area contributed by atoms with Crippen molar-refractivity contribution in [2.75, 3.05) is 12.4 Å². The van der Waals surface area contributed by atoms with Crippen molar-refractivity contribution in [3.8, 4) is 12.1 Å². The van der Waals surface area contributed by atoms with Crippen LogP contribution in [0.5, 0.6) is 0 Å². The van der Waals surface area contributed by atoms with Crippen LogP contribution in [-0.2, 0) is 11.2 Å². The van der Waals surface area contributed by atoms with Crippen LogP contribution in [0.25, 0.3) is 0 Å². The second kappa shape index (κ2) is 6.72. The summed E-state index contributed by atoms with van der Waals surface area (Å²) in [5.41, 5.74) is 1.65. The maximum absolute atomic E-state index is 11.2. The molecule has 0 heterocycles. The van der Waals surface area contributed by atoms with Crippen LogP contribution in [0, 0.1) is 22.7 Å². The fourth-order valence-corrected chi connectivity index (χ4v) is 1.24. The normalized spacial score (nSPS) is 8.61. The van der Waals surface area contributed by atoms with E-state index in [4.69, 9.17) is 10.5 Å². The van der Waals surface area contributed by atoms with Crippen LogP contribution in [0.3, 0.4) is 0 Å². The zero-order valence-corrected chi connectivity index (χ0v) is 9.90. The molecule has 0 saturated carbocycles. The second-order valence-electron chi connectivity index (χ2n) is 3.47. The maximum atomic E-state index is 11.2. The van der Waals surface area contributed by atoms with E-state index in [0.29, 0.717) is 6.42 Å². The smallest absolute Gasteiger partial charge is 0.224 e. The highest BCUT2D eigenvalue weighted by Crippen LogP contribution is 2.10. The SMILES string of the molecule is CNC(=O)Cc1ccc(NC=C(C#N)C#N)cc1. The lowest BCUT2D eigenvalue weighted by Crippen LogP contribution is -2.19. The molecule has 0 aliphatic rings. The molecule has 0 fully saturated rings. The van der Waals surface area contributed by atoms with Gasteiger partial charge < -0.3 is 10.6 Å². The van der Waals surface area contributed by atoms with Crippen molar-refractivity contribution in [1.82, 2.24) is 5.32 Å². The number of rotatable bonds is 4. The highest BCUT2D eigenvalue weighted by molar-refractivity contribution is 5.78. The molecule has 0 spiro atoms. The van der Waals surface area contributed by atoms with Crippen LogP contribution in [0.15, 0.2) is 36.0 Å². The summed E-state index contributed by atoms with van der Waals surface area (Å²) in [6.45, 7) is 0. The third-order valence-corrected chi connectivity index (χ3v) is 2.22. The molecule has 18 heavy (non-hydrogen) atoms. The minimum absolute atomic E-state index is 0.00411. The van der Waals surface area contributed by atoms with E-state index < -0.39 is 0 Å². The molecule has 0 unspecified atom stereocenters. The number of hydrogen-bond donors (Lipinski definition) is 2. The molecule has 1 aromatic rings. The first-order chi connectivity index (χ1) is 8.69. The molecule has 1 aromatic carbocycles. The summed E-state index contributed by atoms with van der Waals surface area (Å²) in [5.74, 6) is -0.0492. The van der Waals surface area contributed by atoms with Crippen molar-refractivity contribution in [2.45, 2.75) is 6.42 Å². The van der Waals surface area contributed by atoms with Crippen molar-refractivity contribution in [2.24, 2.45) is 0 Å². The molecular formula is C13H12N4O. The molecule has 0 saturated heterocycles. The van der Waals surface area contributed by atoms with Gasteiger partial charge in [0.25, 0.3) is 0 Å². The lowest BCUT2D eigenvalue weighted by atomic mass is 10.1. The summed E-state index contributed by atoms with van der Waals surface area (Å²) in [6.07, 6.45) is 1.67. The van der Waals surface area contributed by atoms with Gasteiger partial charge in [0.05, 0.1) is 6.42 Å². The van der Waals surface area contributed by atoms with E-state index in [2.05, 4.69) is 10.6 Å². The topological polar surface area (TPSA) is 88.7 Å². The highest BCUT2D eigenvalue weighted by Gasteiger charge is 2.00. The van der Waals surface area contributed by atoms with Gasteiger partial charge in [0.1, 0.15) is 17.7 Å². The number of carbonyl (C=O) groups is 1. The number of likely N-dealkylation sites (N-methyl/N-ethyl adjacent to an activating group) is 1. The lowest BCUT2D eigenvalue weighted by molar-refractivity contribution is -0.119. The summed E-state index contributed by atoms with van der Waals surface area (Å²) < 4.78 is 0. The molecule has 0 atom stereocenters. The summed E-state index contributed by atoms with van der Waals surface area (Å²) in [4.78, 5) is 11.2. The predicted molar refractivity (Wildman–Crippen MR) is 67.1 cm³/mol. The van der Waals surface area contributed by atoms with Gasteiger partial charge in [-0.3, -0.25) is 4.79 Å². The van der Waals surface area contributed by atoms with Crippen LogP contribution in [0.1, 0.15) is 5.56 Å². The van der Waals surface area contributed by atoms with Crippen LogP contribution >= 0.6 is 0 Å². The van der Waals surface area contributed by atoms with Gasteiger partial charge >= 0.3 is 0 Å². The molecular weight excluding hydrogens is 228 g/mol. The molecule has 0 aliphatic heterocycles. The zero-order valence-electron chi connectivity index (χ0n) is 9.90. The summed E-state index contributed by atoms with van der Waals surface area (Å²) in [5, 5.41) is 22.5. The fourth-order valence-electron chi connectivity index (χ4n) is 1.24. The van der Waals surface area contributed by atoms with Crippen LogP contribution in [-0.4, -0.2) is 13.0 Å². The molecule has 5 nitrogen and oxygen atoms in total. The van der Waals surface area contributed by atoms with E-state index in [0.717, 1.165) is 11.3 Å². The van der Waals surface area contributed by atoms with Gasteiger partial charge in [0, 0.05) is 18.9 Å². The van der Waals surface area contributed by atoms with E-state index >= 15 is 0 Å². The zero-order chi connectivity index (χ0) is 13.4. The van der Waals surface area contributed by atoms with Gasteiger partial charge in [0.2, 0.25) is 5.91 Å². The van der Waals surface area contributed by atoms with E-state index in [1.54, 1.807) is 31.3 Å². The average Bonchev–Trinajstić information content (AvgIpc) is 2.41. The Morgan fingerprint density at radius 3 is 2.39 bits per heavy atom. The molecule has 5 heteroatoms. The quantitative estimate of drug-likeness (QED) is 0.777. The monoisotopic (exact) mass is 240 g/mol. The van der Waals surface area contributed by atoms with Gasteiger partial charge in [-0.1, -0.05) is 12.1 Å². The number of hydrogen-bond acceptors (Lipinski definition) is 4. The number of anilines is 1. The summed E-state index contributed by atoms with van der Waals surface area (Å²) in [6, 6.07) is 10.7. The Hall–Kier alpha value is -2.79. The van der Waals surface area contributed by atoms with E-state index in [1.807, 2.05) is 12.1 Å². The Morgan fingerprint density at radius 2 is 1.89 bits per heavy atom. The first-order valence-corrected chi connectivity index (χ1v) is 5.26. The van der Waals surface area contributed by atoms with Gasteiger partial charge in [-0.05, 0) is 17.7 Å². The number of benzene rings is 1. The predicted octanol–water partition coefficient (Wildman–Crippen LogP) is 1.32. The standard InChI is InChI=1S/C13H12N4O/c1-16-13(18)6-10-2-4-12(5-3-10)17-9-11(7-14)8-15/h2-5,9,17H,6H2,1H3,(H,16,18). The highest BCUT2D eigenvalue weighted by atomic mass is 16.1. The van der Waals surface area contributed by atoms with Crippen LogP contribution < -0.4 is 10.6 Å². The van der Waals surface area contributed by atoms with Gasteiger partial charge in [0.15, 0.2) is 0 Å². The van der Waals surface area contributed by atoms with Gasteiger partial charge in [-0.15, -0.1) is 0 Å². The number of allylic oxidation sites excluding steroid dienone is 1. The van der Waals surface area contributed by atoms with E-state index in [9.17, 15) is 4.79 Å². The molecule has 2 N–H and O–H groups in total. The van der Waals surface area contributed by atoms with Crippen LogP contribution in [0.2, 0.25) is 0 Å². The number of nitrogens with zero attached hydrogens (tertiary/aromatic N) is 2. The summed E-state index contributed by atoms with van der Waals surface area (Å²) >= 11 is 0. The van der Waals surface area contributed by atoms with Crippen LogP contribution in [0.4, 0.5) is 5.69 Å². The molecule has 0 aliphatic carbocycles.